The molecular formula is C11H22N2S. The zero-order chi connectivity index (χ0) is 10.8. The highest BCUT2D eigenvalue weighted by atomic mass is 32.2. The molecule has 0 saturated heterocycles. The van der Waals surface area contributed by atoms with Crippen LogP contribution in [0.15, 0.2) is 4.99 Å². The minimum atomic E-state index is 0.178. The summed E-state index contributed by atoms with van der Waals surface area (Å²) >= 11 is 1.90. The number of aliphatic imine (C=N–C) groups is 1. The van der Waals surface area contributed by atoms with E-state index in [0.29, 0.717) is 11.2 Å². The van der Waals surface area contributed by atoms with Gasteiger partial charge < -0.3 is 5.32 Å². The molecule has 0 saturated carbocycles. The van der Waals surface area contributed by atoms with E-state index in [4.69, 9.17) is 0 Å². The van der Waals surface area contributed by atoms with E-state index in [0.717, 1.165) is 18.1 Å². The molecule has 0 aromatic carbocycles. The second-order valence-electron chi connectivity index (χ2n) is 4.91. The molecule has 0 fully saturated rings. The Morgan fingerprint density at radius 1 is 1.57 bits per heavy atom. The lowest BCUT2D eigenvalue weighted by Crippen LogP contribution is -2.41. The third-order valence-electron chi connectivity index (χ3n) is 2.75. The van der Waals surface area contributed by atoms with Crippen molar-refractivity contribution in [3.8, 4) is 0 Å². The van der Waals surface area contributed by atoms with Gasteiger partial charge in [0, 0.05) is 10.8 Å². The average Bonchev–Trinajstić information content (AvgIpc) is 2.52. The van der Waals surface area contributed by atoms with Crippen LogP contribution in [0.4, 0.5) is 0 Å². The largest absolute Gasteiger partial charge is 0.360 e. The Labute approximate surface area is 92.0 Å². The highest BCUT2D eigenvalue weighted by molar-refractivity contribution is 8.14. The molecule has 2 nitrogen and oxygen atoms in total. The topological polar surface area (TPSA) is 24.4 Å². The number of amidine groups is 1. The van der Waals surface area contributed by atoms with E-state index < -0.39 is 0 Å². The molecule has 0 spiro atoms. The first kappa shape index (κ1) is 11.9. The van der Waals surface area contributed by atoms with Crippen molar-refractivity contribution in [2.75, 3.05) is 6.54 Å². The fourth-order valence-corrected chi connectivity index (χ4v) is 2.38. The van der Waals surface area contributed by atoms with E-state index in [1.165, 1.54) is 0 Å². The van der Waals surface area contributed by atoms with Gasteiger partial charge in [0.2, 0.25) is 0 Å². The summed E-state index contributed by atoms with van der Waals surface area (Å²) in [7, 11) is 0. The van der Waals surface area contributed by atoms with Crippen molar-refractivity contribution in [2.24, 2.45) is 10.9 Å². The van der Waals surface area contributed by atoms with Gasteiger partial charge in [0.25, 0.3) is 0 Å². The van der Waals surface area contributed by atoms with Crippen LogP contribution in [0.1, 0.15) is 41.0 Å². The molecular weight excluding hydrogens is 192 g/mol. The quantitative estimate of drug-likeness (QED) is 0.781. The zero-order valence-corrected chi connectivity index (χ0v) is 10.7. The molecule has 0 radical (unpaired) electrons. The average molecular weight is 214 g/mol. The zero-order valence-electron chi connectivity index (χ0n) is 9.92. The summed E-state index contributed by atoms with van der Waals surface area (Å²) in [6.45, 7) is 12.2. The monoisotopic (exact) mass is 214 g/mol. The van der Waals surface area contributed by atoms with Crippen LogP contribution < -0.4 is 5.32 Å². The molecule has 0 amide bonds. The van der Waals surface area contributed by atoms with Crippen LogP contribution in [-0.2, 0) is 0 Å². The predicted octanol–water partition coefficient (Wildman–Crippen LogP) is 2.89. The lowest BCUT2D eigenvalue weighted by Gasteiger charge is -2.25. The van der Waals surface area contributed by atoms with Crippen molar-refractivity contribution in [1.29, 1.82) is 0 Å². The maximum Gasteiger partial charge on any atom is 0.157 e. The molecule has 3 heteroatoms. The summed E-state index contributed by atoms with van der Waals surface area (Å²) in [6, 6.07) is 0. The standard InChI is InChI=1S/C11H22N2S/c1-6-11(4,5)13-10-12-7-9(14-10)8(2)3/h8-9H,6-7H2,1-5H3,(H,12,13). The van der Waals surface area contributed by atoms with E-state index in [9.17, 15) is 0 Å². The molecule has 0 aromatic heterocycles. The van der Waals surface area contributed by atoms with E-state index in [-0.39, 0.29) is 5.54 Å². The Balaban J connectivity index is 2.43. The molecule has 1 aliphatic heterocycles. The predicted molar refractivity (Wildman–Crippen MR) is 66.0 cm³/mol. The van der Waals surface area contributed by atoms with Crippen molar-refractivity contribution >= 4 is 16.9 Å². The maximum absolute atomic E-state index is 4.54. The van der Waals surface area contributed by atoms with Gasteiger partial charge in [0.15, 0.2) is 5.17 Å². The van der Waals surface area contributed by atoms with E-state index >= 15 is 0 Å². The second kappa shape index (κ2) is 4.56. The van der Waals surface area contributed by atoms with E-state index in [1.807, 2.05) is 11.8 Å². The minimum Gasteiger partial charge on any atom is -0.360 e. The number of hydrogen-bond donors (Lipinski definition) is 1. The molecule has 1 rings (SSSR count). The van der Waals surface area contributed by atoms with Crippen LogP contribution in [0.2, 0.25) is 0 Å². The minimum absolute atomic E-state index is 0.178. The molecule has 0 aromatic rings. The van der Waals surface area contributed by atoms with Crippen molar-refractivity contribution in [1.82, 2.24) is 5.32 Å². The van der Waals surface area contributed by atoms with Crippen molar-refractivity contribution in [3.63, 3.8) is 0 Å². The number of thioether (sulfide) groups is 1. The smallest absolute Gasteiger partial charge is 0.157 e. The van der Waals surface area contributed by atoms with Crippen LogP contribution in [0.3, 0.4) is 0 Å². The van der Waals surface area contributed by atoms with Crippen molar-refractivity contribution in [3.05, 3.63) is 0 Å². The summed E-state index contributed by atoms with van der Waals surface area (Å²) in [5.41, 5.74) is 0.178. The fourth-order valence-electron chi connectivity index (χ4n) is 1.18. The highest BCUT2D eigenvalue weighted by Crippen LogP contribution is 2.27. The lowest BCUT2D eigenvalue weighted by molar-refractivity contribution is 0.448. The summed E-state index contributed by atoms with van der Waals surface area (Å²) in [6.07, 6.45) is 1.12. The molecule has 14 heavy (non-hydrogen) atoms. The SMILES string of the molecule is CCC(C)(C)NC1=NCC(C(C)C)S1. The van der Waals surface area contributed by atoms with E-state index in [2.05, 4.69) is 44.9 Å². The number of nitrogens with zero attached hydrogens (tertiary/aromatic N) is 1. The van der Waals surface area contributed by atoms with Crippen LogP contribution >= 0.6 is 11.8 Å². The van der Waals surface area contributed by atoms with Gasteiger partial charge in [-0.2, -0.15) is 0 Å². The van der Waals surface area contributed by atoms with Crippen LogP contribution in [0.25, 0.3) is 0 Å². The van der Waals surface area contributed by atoms with Gasteiger partial charge in [-0.25, -0.2) is 0 Å². The molecule has 1 N–H and O–H groups in total. The Morgan fingerprint density at radius 2 is 2.21 bits per heavy atom. The summed E-state index contributed by atoms with van der Waals surface area (Å²) in [4.78, 5) is 4.54. The second-order valence-corrected chi connectivity index (χ2v) is 6.14. The van der Waals surface area contributed by atoms with Gasteiger partial charge >= 0.3 is 0 Å². The molecule has 1 aliphatic rings. The number of hydrogen-bond acceptors (Lipinski definition) is 3. The Kier molecular flexibility index (Phi) is 3.87. The van der Waals surface area contributed by atoms with Crippen LogP contribution in [-0.4, -0.2) is 22.5 Å². The summed E-state index contributed by atoms with van der Waals surface area (Å²) < 4.78 is 0. The molecule has 0 bridgehead atoms. The Hall–Kier alpha value is -0.180. The molecule has 82 valence electrons. The van der Waals surface area contributed by atoms with E-state index in [1.54, 1.807) is 0 Å². The van der Waals surface area contributed by atoms with Gasteiger partial charge in [-0.15, -0.1) is 0 Å². The van der Waals surface area contributed by atoms with Crippen LogP contribution in [0.5, 0.6) is 0 Å². The molecule has 1 heterocycles. The first-order valence-corrected chi connectivity index (χ1v) is 6.32. The molecule has 0 aliphatic carbocycles. The van der Waals surface area contributed by atoms with Crippen molar-refractivity contribution in [2.45, 2.75) is 51.8 Å². The molecule has 1 atom stereocenters. The Morgan fingerprint density at radius 3 is 2.64 bits per heavy atom. The van der Waals surface area contributed by atoms with Gasteiger partial charge in [-0.05, 0) is 26.2 Å². The number of nitrogens with one attached hydrogen (secondary N) is 1. The van der Waals surface area contributed by atoms with Gasteiger partial charge in [0.05, 0.1) is 6.54 Å². The van der Waals surface area contributed by atoms with Crippen molar-refractivity contribution < 1.29 is 0 Å². The number of rotatable bonds is 3. The third-order valence-corrected chi connectivity index (χ3v) is 4.20. The van der Waals surface area contributed by atoms with Gasteiger partial charge in [-0.3, -0.25) is 4.99 Å². The van der Waals surface area contributed by atoms with Gasteiger partial charge in [-0.1, -0.05) is 32.5 Å². The third kappa shape index (κ3) is 3.19. The summed E-state index contributed by atoms with van der Waals surface area (Å²) in [5.74, 6) is 0.716. The highest BCUT2D eigenvalue weighted by Gasteiger charge is 2.25. The fraction of sp³-hybridized carbons (Fsp3) is 0.909. The maximum atomic E-state index is 4.54. The summed E-state index contributed by atoms with van der Waals surface area (Å²) in [5, 5.41) is 5.31. The first-order chi connectivity index (χ1) is 6.44. The first-order valence-electron chi connectivity index (χ1n) is 5.44. The normalized spacial score (nSPS) is 22.7. The Bertz CT molecular complexity index is 221. The molecule has 1 unspecified atom stereocenters. The lowest BCUT2D eigenvalue weighted by atomic mass is 10.0. The van der Waals surface area contributed by atoms with Crippen LogP contribution in [0, 0.1) is 5.92 Å². The van der Waals surface area contributed by atoms with Gasteiger partial charge in [0.1, 0.15) is 0 Å².